The predicted octanol–water partition coefficient (Wildman–Crippen LogP) is 1.77. The van der Waals surface area contributed by atoms with E-state index < -0.39 is 0 Å². The van der Waals surface area contributed by atoms with E-state index in [9.17, 15) is 0 Å². The molecule has 1 aromatic rings. The monoisotopic (exact) mass is 170 g/mol. The van der Waals surface area contributed by atoms with Gasteiger partial charge in [-0.3, -0.25) is 0 Å². The fourth-order valence-corrected chi connectivity index (χ4v) is 1.77. The van der Waals surface area contributed by atoms with Crippen LogP contribution in [0.15, 0.2) is 6.20 Å². The molecule has 1 aromatic heterocycles. The largest absolute Gasteiger partial charge is 0.330 e. The van der Waals surface area contributed by atoms with Crippen molar-refractivity contribution in [3.05, 3.63) is 16.1 Å². The van der Waals surface area contributed by atoms with Gasteiger partial charge in [0.1, 0.15) is 0 Å². The number of hydrogen-bond donors (Lipinski definition) is 1. The van der Waals surface area contributed by atoms with Gasteiger partial charge in [0.2, 0.25) is 0 Å². The van der Waals surface area contributed by atoms with Gasteiger partial charge in [-0.1, -0.05) is 13.8 Å². The molecule has 11 heavy (non-hydrogen) atoms. The van der Waals surface area contributed by atoms with E-state index in [1.54, 1.807) is 11.3 Å². The SMILES string of the molecule is CC(C)c1cnc(CCN)s1. The molecule has 0 unspecified atom stereocenters. The van der Waals surface area contributed by atoms with Crippen molar-refractivity contribution in [2.75, 3.05) is 6.54 Å². The van der Waals surface area contributed by atoms with Crippen LogP contribution in [0.25, 0.3) is 0 Å². The summed E-state index contributed by atoms with van der Waals surface area (Å²) in [6, 6.07) is 0. The van der Waals surface area contributed by atoms with E-state index in [4.69, 9.17) is 5.73 Å². The summed E-state index contributed by atoms with van der Waals surface area (Å²) in [5, 5.41) is 1.16. The highest BCUT2D eigenvalue weighted by molar-refractivity contribution is 7.11. The van der Waals surface area contributed by atoms with Gasteiger partial charge in [-0.2, -0.15) is 0 Å². The van der Waals surface area contributed by atoms with Crippen molar-refractivity contribution < 1.29 is 0 Å². The van der Waals surface area contributed by atoms with Crippen molar-refractivity contribution in [1.82, 2.24) is 4.98 Å². The van der Waals surface area contributed by atoms with E-state index in [1.165, 1.54) is 4.88 Å². The second-order valence-corrected chi connectivity index (χ2v) is 4.00. The molecule has 0 aliphatic carbocycles. The molecule has 0 aliphatic rings. The normalized spacial score (nSPS) is 10.9. The molecule has 1 heterocycles. The summed E-state index contributed by atoms with van der Waals surface area (Å²) >= 11 is 1.77. The number of nitrogens with two attached hydrogens (primary N) is 1. The first-order chi connectivity index (χ1) is 5.24. The Morgan fingerprint density at radius 2 is 2.36 bits per heavy atom. The Morgan fingerprint density at radius 3 is 2.82 bits per heavy atom. The van der Waals surface area contributed by atoms with Crippen LogP contribution in [-0.4, -0.2) is 11.5 Å². The Labute approximate surface area is 71.5 Å². The van der Waals surface area contributed by atoms with E-state index in [0.717, 1.165) is 11.4 Å². The van der Waals surface area contributed by atoms with E-state index in [2.05, 4.69) is 18.8 Å². The number of thiazole rings is 1. The molecule has 2 N–H and O–H groups in total. The van der Waals surface area contributed by atoms with E-state index >= 15 is 0 Å². The van der Waals surface area contributed by atoms with Gasteiger partial charge in [-0.05, 0) is 12.5 Å². The molecule has 1 rings (SSSR count). The number of hydrogen-bond acceptors (Lipinski definition) is 3. The Kier molecular flexibility index (Phi) is 3.02. The number of nitrogens with zero attached hydrogens (tertiary/aromatic N) is 1. The average Bonchev–Trinajstić information content (AvgIpc) is 2.37. The first kappa shape index (κ1) is 8.68. The fraction of sp³-hybridized carbons (Fsp3) is 0.625. The summed E-state index contributed by atoms with van der Waals surface area (Å²) in [4.78, 5) is 5.62. The van der Waals surface area contributed by atoms with Crippen LogP contribution in [0, 0.1) is 0 Å². The Hall–Kier alpha value is -0.410. The molecule has 0 radical (unpaired) electrons. The summed E-state index contributed by atoms with van der Waals surface area (Å²) in [5.41, 5.74) is 5.41. The van der Waals surface area contributed by atoms with Crippen LogP contribution < -0.4 is 5.73 Å². The maximum atomic E-state index is 5.41. The molecular weight excluding hydrogens is 156 g/mol. The van der Waals surface area contributed by atoms with Gasteiger partial charge < -0.3 is 5.73 Å². The quantitative estimate of drug-likeness (QED) is 0.751. The Balaban J connectivity index is 2.66. The summed E-state index contributed by atoms with van der Waals surface area (Å²) in [6.45, 7) is 5.06. The van der Waals surface area contributed by atoms with Crippen LogP contribution >= 0.6 is 11.3 Å². The van der Waals surface area contributed by atoms with Crippen molar-refractivity contribution in [2.45, 2.75) is 26.2 Å². The smallest absolute Gasteiger partial charge is 0.0940 e. The van der Waals surface area contributed by atoms with Crippen LogP contribution in [0.3, 0.4) is 0 Å². The lowest BCUT2D eigenvalue weighted by atomic mass is 10.2. The van der Waals surface area contributed by atoms with Gasteiger partial charge in [-0.15, -0.1) is 11.3 Å². The van der Waals surface area contributed by atoms with Gasteiger partial charge in [0.05, 0.1) is 5.01 Å². The van der Waals surface area contributed by atoms with Crippen LogP contribution in [0.1, 0.15) is 29.7 Å². The third-order valence-corrected chi connectivity index (χ3v) is 2.86. The molecule has 0 amide bonds. The maximum Gasteiger partial charge on any atom is 0.0940 e. The molecule has 2 nitrogen and oxygen atoms in total. The number of aromatic nitrogens is 1. The summed E-state index contributed by atoms with van der Waals surface area (Å²) in [7, 11) is 0. The highest BCUT2D eigenvalue weighted by Crippen LogP contribution is 2.21. The van der Waals surface area contributed by atoms with E-state index in [-0.39, 0.29) is 0 Å². The molecule has 3 heteroatoms. The van der Waals surface area contributed by atoms with Crippen molar-refractivity contribution in [2.24, 2.45) is 5.73 Å². The van der Waals surface area contributed by atoms with E-state index in [0.29, 0.717) is 12.5 Å². The minimum absolute atomic E-state index is 0.596. The lowest BCUT2D eigenvalue weighted by molar-refractivity contribution is 0.884. The molecule has 62 valence electrons. The second-order valence-electron chi connectivity index (χ2n) is 2.85. The molecule has 0 spiro atoms. The van der Waals surface area contributed by atoms with Crippen LogP contribution in [-0.2, 0) is 6.42 Å². The molecule has 0 aliphatic heterocycles. The van der Waals surface area contributed by atoms with Gasteiger partial charge in [0.25, 0.3) is 0 Å². The minimum atomic E-state index is 0.596. The van der Waals surface area contributed by atoms with Crippen molar-refractivity contribution in [3.8, 4) is 0 Å². The predicted molar refractivity (Wildman–Crippen MR) is 49.0 cm³/mol. The molecular formula is C8H14N2S. The highest BCUT2D eigenvalue weighted by Gasteiger charge is 2.03. The van der Waals surface area contributed by atoms with Crippen molar-refractivity contribution in [3.63, 3.8) is 0 Å². The van der Waals surface area contributed by atoms with Crippen molar-refractivity contribution in [1.29, 1.82) is 0 Å². The van der Waals surface area contributed by atoms with Gasteiger partial charge in [0.15, 0.2) is 0 Å². The summed E-state index contributed by atoms with van der Waals surface area (Å²) in [6.07, 6.45) is 2.87. The van der Waals surface area contributed by atoms with Gasteiger partial charge in [0, 0.05) is 17.5 Å². The zero-order valence-electron chi connectivity index (χ0n) is 7.00. The first-order valence-electron chi connectivity index (χ1n) is 3.88. The third kappa shape index (κ3) is 2.27. The Bertz CT molecular complexity index is 218. The molecule has 0 atom stereocenters. The van der Waals surface area contributed by atoms with Gasteiger partial charge in [-0.25, -0.2) is 4.98 Å². The van der Waals surface area contributed by atoms with Crippen LogP contribution in [0.5, 0.6) is 0 Å². The molecule has 0 fully saturated rings. The van der Waals surface area contributed by atoms with Gasteiger partial charge >= 0.3 is 0 Å². The lowest BCUT2D eigenvalue weighted by Gasteiger charge is -1.95. The first-order valence-corrected chi connectivity index (χ1v) is 4.70. The average molecular weight is 170 g/mol. The summed E-state index contributed by atoms with van der Waals surface area (Å²) in [5.74, 6) is 0.596. The third-order valence-electron chi connectivity index (χ3n) is 1.50. The standard InChI is InChI=1S/C8H14N2S/c1-6(2)7-5-10-8(11-7)3-4-9/h5-6H,3-4,9H2,1-2H3. The second kappa shape index (κ2) is 3.83. The zero-order chi connectivity index (χ0) is 8.27. The zero-order valence-corrected chi connectivity index (χ0v) is 7.82. The van der Waals surface area contributed by atoms with E-state index in [1.807, 2.05) is 6.20 Å². The van der Waals surface area contributed by atoms with Crippen LogP contribution in [0.2, 0.25) is 0 Å². The maximum absolute atomic E-state index is 5.41. The molecule has 0 saturated heterocycles. The Morgan fingerprint density at radius 1 is 1.64 bits per heavy atom. The minimum Gasteiger partial charge on any atom is -0.330 e. The fourth-order valence-electron chi connectivity index (χ4n) is 0.830. The lowest BCUT2D eigenvalue weighted by Crippen LogP contribution is -2.01. The molecule has 0 saturated carbocycles. The highest BCUT2D eigenvalue weighted by atomic mass is 32.1. The topological polar surface area (TPSA) is 38.9 Å². The summed E-state index contributed by atoms with van der Waals surface area (Å²) < 4.78 is 0. The molecule has 0 aromatic carbocycles. The van der Waals surface area contributed by atoms with Crippen molar-refractivity contribution >= 4 is 11.3 Å². The molecule has 0 bridgehead atoms. The number of rotatable bonds is 3. The van der Waals surface area contributed by atoms with Crippen LogP contribution in [0.4, 0.5) is 0 Å².